The van der Waals surface area contributed by atoms with Crippen LogP contribution in [0.4, 0.5) is 11.6 Å². The van der Waals surface area contributed by atoms with Gasteiger partial charge in [0.2, 0.25) is 16.0 Å². The lowest BCUT2D eigenvalue weighted by Gasteiger charge is -2.43. The van der Waals surface area contributed by atoms with Crippen LogP contribution < -0.4 is 16.2 Å². The molecule has 11 heteroatoms. The molecular formula is C28H35ClN6O3S. The molecule has 2 N–H and O–H groups in total. The monoisotopic (exact) mass is 570 g/mol. The smallest absolute Gasteiger partial charge is 0.271 e. The van der Waals surface area contributed by atoms with Gasteiger partial charge in [-0.2, -0.15) is 9.29 Å². The summed E-state index contributed by atoms with van der Waals surface area (Å²) in [4.78, 5) is 22.4. The second-order valence-corrected chi connectivity index (χ2v) is 13.7. The first-order valence-electron chi connectivity index (χ1n) is 13.9. The second-order valence-electron chi connectivity index (χ2n) is 11.3. The number of sulfonamides is 1. The van der Waals surface area contributed by atoms with E-state index in [9.17, 15) is 13.2 Å². The van der Waals surface area contributed by atoms with Gasteiger partial charge in [-0.25, -0.2) is 13.4 Å². The van der Waals surface area contributed by atoms with E-state index in [1.807, 2.05) is 6.92 Å². The number of rotatable bonds is 5. The molecule has 3 aliphatic rings. The quantitative estimate of drug-likeness (QED) is 0.455. The van der Waals surface area contributed by atoms with Gasteiger partial charge in [-0.15, -0.1) is 0 Å². The zero-order valence-electron chi connectivity index (χ0n) is 22.2. The number of hydrogen-bond donors (Lipinski definition) is 2. The molecular weight excluding hydrogens is 536 g/mol. The molecule has 4 heterocycles. The second kappa shape index (κ2) is 10.5. The number of fused-ring (bicyclic) bond motifs is 1. The third-order valence-corrected chi connectivity index (χ3v) is 11.1. The summed E-state index contributed by atoms with van der Waals surface area (Å²) in [6, 6.07) is 6.82. The van der Waals surface area contributed by atoms with Crippen molar-refractivity contribution in [2.75, 3.05) is 31.5 Å². The zero-order chi connectivity index (χ0) is 27.2. The van der Waals surface area contributed by atoms with E-state index in [-0.39, 0.29) is 22.0 Å². The van der Waals surface area contributed by atoms with E-state index in [1.165, 1.54) is 0 Å². The molecule has 3 fully saturated rings. The lowest BCUT2D eigenvalue weighted by Crippen LogP contribution is -2.47. The normalized spacial score (nSPS) is 20.6. The average Bonchev–Trinajstić information content (AvgIpc) is 3.46. The molecule has 0 bridgehead atoms. The molecule has 2 aliphatic heterocycles. The van der Waals surface area contributed by atoms with Crippen LogP contribution in [0.1, 0.15) is 63.0 Å². The zero-order valence-corrected chi connectivity index (χ0v) is 23.8. The SMILES string of the molecule is Cc1cc(S(=O)(=O)N2CCC3(CCNCC3)CC2)ccc1Nc1ncc2cc(Cl)c(=O)n(C3CCCC3)c2n1. The summed E-state index contributed by atoms with van der Waals surface area (Å²) < 4.78 is 30.3. The van der Waals surface area contributed by atoms with Crippen molar-refractivity contribution in [2.24, 2.45) is 5.41 Å². The number of benzene rings is 1. The molecule has 2 saturated heterocycles. The molecule has 2 aromatic heterocycles. The van der Waals surface area contributed by atoms with Gasteiger partial charge in [-0.3, -0.25) is 9.36 Å². The number of pyridine rings is 1. The fourth-order valence-electron chi connectivity index (χ4n) is 6.51. The predicted molar refractivity (Wildman–Crippen MR) is 153 cm³/mol. The Balaban J connectivity index is 1.23. The highest BCUT2D eigenvalue weighted by molar-refractivity contribution is 7.89. The van der Waals surface area contributed by atoms with Crippen LogP contribution in [0.3, 0.4) is 0 Å². The lowest BCUT2D eigenvalue weighted by molar-refractivity contribution is 0.110. The van der Waals surface area contributed by atoms with E-state index in [0.717, 1.165) is 70.0 Å². The van der Waals surface area contributed by atoms with Crippen molar-refractivity contribution < 1.29 is 8.42 Å². The highest BCUT2D eigenvalue weighted by Crippen LogP contribution is 2.41. The van der Waals surface area contributed by atoms with Crippen molar-refractivity contribution >= 4 is 44.3 Å². The first-order valence-corrected chi connectivity index (χ1v) is 15.7. The minimum atomic E-state index is -3.57. The molecule has 0 amide bonds. The number of hydrogen-bond acceptors (Lipinski definition) is 7. The van der Waals surface area contributed by atoms with Crippen molar-refractivity contribution in [3.8, 4) is 0 Å². The molecule has 1 aliphatic carbocycles. The number of aryl methyl sites for hydroxylation is 1. The molecule has 1 saturated carbocycles. The lowest BCUT2D eigenvalue weighted by atomic mass is 9.72. The summed E-state index contributed by atoms with van der Waals surface area (Å²) in [5.41, 5.74) is 2.10. The van der Waals surface area contributed by atoms with Crippen LogP contribution in [0, 0.1) is 12.3 Å². The number of nitrogens with zero attached hydrogens (tertiary/aromatic N) is 4. The average molecular weight is 571 g/mol. The Morgan fingerprint density at radius 2 is 1.79 bits per heavy atom. The molecule has 1 aromatic carbocycles. The van der Waals surface area contributed by atoms with E-state index in [1.54, 1.807) is 39.3 Å². The Kier molecular flexibility index (Phi) is 7.16. The first kappa shape index (κ1) is 26.7. The van der Waals surface area contributed by atoms with Gasteiger partial charge < -0.3 is 10.6 Å². The molecule has 6 rings (SSSR count). The van der Waals surface area contributed by atoms with Gasteiger partial charge in [0.25, 0.3) is 5.56 Å². The van der Waals surface area contributed by atoms with Gasteiger partial charge >= 0.3 is 0 Å². The maximum Gasteiger partial charge on any atom is 0.271 e. The molecule has 1 spiro atoms. The number of aromatic nitrogens is 3. The van der Waals surface area contributed by atoms with Crippen LogP contribution in [0.25, 0.3) is 11.0 Å². The Labute approximate surface area is 234 Å². The Morgan fingerprint density at radius 3 is 2.49 bits per heavy atom. The summed E-state index contributed by atoms with van der Waals surface area (Å²) >= 11 is 6.25. The van der Waals surface area contributed by atoms with Crippen molar-refractivity contribution in [2.45, 2.75) is 69.2 Å². The number of halogens is 1. The molecule has 3 aromatic rings. The van der Waals surface area contributed by atoms with E-state index in [2.05, 4.69) is 15.6 Å². The van der Waals surface area contributed by atoms with Gasteiger partial charge in [0.1, 0.15) is 10.7 Å². The Bertz CT molecular complexity index is 1550. The van der Waals surface area contributed by atoms with E-state index >= 15 is 0 Å². The van der Waals surface area contributed by atoms with Crippen LogP contribution >= 0.6 is 11.6 Å². The highest BCUT2D eigenvalue weighted by atomic mass is 35.5. The number of nitrogens with one attached hydrogen (secondary N) is 2. The summed E-state index contributed by atoms with van der Waals surface area (Å²) in [5, 5.41) is 7.53. The third-order valence-electron chi connectivity index (χ3n) is 8.95. The summed E-state index contributed by atoms with van der Waals surface area (Å²) in [6.45, 7) is 5.05. The summed E-state index contributed by atoms with van der Waals surface area (Å²) in [6.07, 6.45) is 9.75. The first-order chi connectivity index (χ1) is 18.8. The van der Waals surface area contributed by atoms with Crippen molar-refractivity contribution in [3.63, 3.8) is 0 Å². The topological polar surface area (TPSA) is 109 Å². The largest absolute Gasteiger partial charge is 0.324 e. The minimum Gasteiger partial charge on any atom is -0.324 e. The Morgan fingerprint density at radius 1 is 1.08 bits per heavy atom. The fourth-order valence-corrected chi connectivity index (χ4v) is 8.25. The maximum atomic E-state index is 13.5. The third kappa shape index (κ3) is 5.08. The van der Waals surface area contributed by atoms with Crippen molar-refractivity contribution in [1.29, 1.82) is 0 Å². The summed E-state index contributed by atoms with van der Waals surface area (Å²) in [5.74, 6) is 0.345. The van der Waals surface area contributed by atoms with Gasteiger partial charge in [0.05, 0.1) is 4.90 Å². The summed E-state index contributed by atoms with van der Waals surface area (Å²) in [7, 11) is -3.57. The molecule has 9 nitrogen and oxygen atoms in total. The van der Waals surface area contributed by atoms with E-state index in [0.29, 0.717) is 40.7 Å². The van der Waals surface area contributed by atoms with E-state index in [4.69, 9.17) is 16.6 Å². The van der Waals surface area contributed by atoms with Gasteiger partial charge in [0.15, 0.2) is 0 Å². The number of piperidine rings is 2. The standard InChI is InChI=1S/C28H35ClN6O3S/c1-19-16-22(39(37,38)34-14-10-28(11-15-34)8-12-30-13-9-28)6-7-24(19)32-27-31-18-20-17-23(29)26(36)35(25(20)33-27)21-4-2-3-5-21/h6-7,16-18,21,30H,2-5,8-15H2,1H3,(H,31,32,33). The van der Waals surface area contributed by atoms with Gasteiger partial charge in [0, 0.05) is 36.4 Å². The van der Waals surface area contributed by atoms with Gasteiger partial charge in [-0.05, 0) is 93.8 Å². The van der Waals surface area contributed by atoms with Crippen LogP contribution in [-0.4, -0.2) is 53.4 Å². The number of anilines is 2. The molecule has 0 atom stereocenters. The van der Waals surface area contributed by atoms with Crippen molar-refractivity contribution in [3.05, 3.63) is 51.4 Å². The van der Waals surface area contributed by atoms with Crippen LogP contribution in [0.5, 0.6) is 0 Å². The molecule has 0 radical (unpaired) electrons. The minimum absolute atomic E-state index is 0.0760. The maximum absolute atomic E-state index is 13.5. The molecule has 0 unspecified atom stereocenters. The highest BCUT2D eigenvalue weighted by Gasteiger charge is 2.39. The van der Waals surface area contributed by atoms with Crippen LogP contribution in [0.15, 0.2) is 40.2 Å². The Hall–Kier alpha value is -2.53. The van der Waals surface area contributed by atoms with Gasteiger partial charge in [-0.1, -0.05) is 24.4 Å². The van der Waals surface area contributed by atoms with E-state index < -0.39 is 10.0 Å². The van der Waals surface area contributed by atoms with Crippen molar-refractivity contribution in [1.82, 2.24) is 24.2 Å². The molecule has 39 heavy (non-hydrogen) atoms. The predicted octanol–water partition coefficient (Wildman–Crippen LogP) is 4.77. The van der Waals surface area contributed by atoms with Crippen LogP contribution in [0.2, 0.25) is 5.02 Å². The molecule has 208 valence electrons. The van der Waals surface area contributed by atoms with Crippen LogP contribution in [-0.2, 0) is 10.0 Å². The fraction of sp³-hybridized carbons (Fsp3) is 0.536.